The lowest BCUT2D eigenvalue weighted by atomic mass is 10.0. The first kappa shape index (κ1) is 17.1. The number of nitrogens with one attached hydrogen (secondary N) is 1. The number of benzene rings is 1. The molecule has 0 unspecified atom stereocenters. The highest BCUT2D eigenvalue weighted by Gasteiger charge is 2.23. The molecule has 9 heteroatoms. The van der Waals surface area contributed by atoms with Gasteiger partial charge in [0.1, 0.15) is 5.71 Å². The molecule has 2 rings (SSSR count). The van der Waals surface area contributed by atoms with Crippen LogP contribution in [0.2, 0.25) is 0 Å². The number of rotatable bonds is 4. The number of hydrogen-bond acceptors (Lipinski definition) is 5. The first-order valence-electron chi connectivity index (χ1n) is 6.41. The van der Waals surface area contributed by atoms with E-state index in [1.807, 2.05) is 0 Å². The molecular weight excluding hydrogens is 340 g/mol. The van der Waals surface area contributed by atoms with Gasteiger partial charge in [-0.15, -0.1) is 0 Å². The molecule has 23 heavy (non-hydrogen) atoms. The summed E-state index contributed by atoms with van der Waals surface area (Å²) in [7, 11) is -7.73. The molecule has 1 aromatic rings. The van der Waals surface area contributed by atoms with Crippen molar-refractivity contribution >= 4 is 31.5 Å². The number of allylic oxidation sites excluding steroid dienone is 3. The normalized spacial score (nSPS) is 17.7. The van der Waals surface area contributed by atoms with E-state index in [4.69, 9.17) is 0 Å². The molecule has 0 amide bonds. The first-order chi connectivity index (χ1) is 10.6. The maximum absolute atomic E-state index is 12.3. The van der Waals surface area contributed by atoms with Crippen LogP contribution in [0.3, 0.4) is 0 Å². The second-order valence-electron chi connectivity index (χ2n) is 4.88. The van der Waals surface area contributed by atoms with Crippen molar-refractivity contribution in [3.63, 3.8) is 0 Å². The van der Waals surface area contributed by atoms with E-state index in [-0.39, 0.29) is 21.9 Å². The van der Waals surface area contributed by atoms with Gasteiger partial charge in [-0.3, -0.25) is 9.52 Å². The maximum atomic E-state index is 12.3. The molecular formula is C14H14N2O5S2. The number of ketones is 1. The van der Waals surface area contributed by atoms with Gasteiger partial charge in [0.05, 0.1) is 16.8 Å². The Hall–Kier alpha value is -2.26. The van der Waals surface area contributed by atoms with Gasteiger partial charge in [-0.05, 0) is 30.7 Å². The fourth-order valence-corrected chi connectivity index (χ4v) is 3.41. The predicted octanol–water partition coefficient (Wildman–Crippen LogP) is 0.778. The Bertz CT molecular complexity index is 940. The van der Waals surface area contributed by atoms with Crippen molar-refractivity contribution in [3.05, 3.63) is 53.8 Å². The topological polar surface area (TPSA) is 110 Å². The molecule has 1 aromatic carbocycles. The van der Waals surface area contributed by atoms with E-state index >= 15 is 0 Å². The summed E-state index contributed by atoms with van der Waals surface area (Å²) in [6.45, 7) is 1.49. The standard InChI is InChI=1S/C14H14N2O5S2/c1-10-8-12(15-22(2,18)19)13(9-14(10)17)16-23(20,21)11-6-4-3-5-7-11/h3-9,16H,1-2H3/b15-12-. The maximum Gasteiger partial charge on any atom is 0.261 e. The zero-order valence-corrected chi connectivity index (χ0v) is 14.0. The lowest BCUT2D eigenvalue weighted by Gasteiger charge is -2.15. The third-order valence-electron chi connectivity index (χ3n) is 2.86. The molecule has 0 fully saturated rings. The van der Waals surface area contributed by atoms with Gasteiger partial charge in [-0.25, -0.2) is 16.8 Å². The van der Waals surface area contributed by atoms with E-state index in [1.54, 1.807) is 18.2 Å². The van der Waals surface area contributed by atoms with E-state index < -0.39 is 25.8 Å². The zero-order chi connectivity index (χ0) is 17.3. The Morgan fingerprint density at radius 1 is 1.00 bits per heavy atom. The largest absolute Gasteiger partial charge is 0.290 e. The summed E-state index contributed by atoms with van der Waals surface area (Å²) >= 11 is 0. The average Bonchev–Trinajstić information content (AvgIpc) is 2.43. The molecule has 0 heterocycles. The molecule has 1 aliphatic rings. The molecule has 0 saturated carbocycles. The summed E-state index contributed by atoms with van der Waals surface area (Å²) < 4.78 is 53.0. The third-order valence-corrected chi connectivity index (χ3v) is 4.77. The van der Waals surface area contributed by atoms with Crippen LogP contribution in [0.5, 0.6) is 0 Å². The fraction of sp³-hybridized carbons (Fsp3) is 0.143. The predicted molar refractivity (Wildman–Crippen MR) is 85.9 cm³/mol. The Labute approximate surface area is 134 Å². The van der Waals surface area contributed by atoms with Crippen LogP contribution in [-0.2, 0) is 24.8 Å². The molecule has 122 valence electrons. The quantitative estimate of drug-likeness (QED) is 0.804. The van der Waals surface area contributed by atoms with Crippen LogP contribution >= 0.6 is 0 Å². The highest BCUT2D eigenvalue weighted by molar-refractivity contribution is 7.90. The molecule has 0 aromatic heterocycles. The van der Waals surface area contributed by atoms with Crippen LogP contribution in [0.25, 0.3) is 0 Å². The van der Waals surface area contributed by atoms with Gasteiger partial charge in [0, 0.05) is 6.08 Å². The summed E-state index contributed by atoms with van der Waals surface area (Å²) in [6.07, 6.45) is 3.12. The highest BCUT2D eigenvalue weighted by Crippen LogP contribution is 2.16. The van der Waals surface area contributed by atoms with Crippen molar-refractivity contribution in [3.8, 4) is 0 Å². The number of carbonyl (C=O) groups is 1. The summed E-state index contributed by atoms with van der Waals surface area (Å²) in [4.78, 5) is 11.7. The van der Waals surface area contributed by atoms with Gasteiger partial charge in [0.25, 0.3) is 20.0 Å². The van der Waals surface area contributed by atoms with Crippen LogP contribution < -0.4 is 4.72 Å². The second-order valence-corrected chi connectivity index (χ2v) is 8.21. The second kappa shape index (κ2) is 6.09. The minimum atomic E-state index is -3.96. The molecule has 0 aliphatic heterocycles. The van der Waals surface area contributed by atoms with Gasteiger partial charge in [0.15, 0.2) is 5.78 Å². The van der Waals surface area contributed by atoms with Crippen molar-refractivity contribution in [1.82, 2.24) is 4.72 Å². The van der Waals surface area contributed by atoms with E-state index in [0.29, 0.717) is 0 Å². The van der Waals surface area contributed by atoms with E-state index in [2.05, 4.69) is 9.12 Å². The molecule has 1 N–H and O–H groups in total. The van der Waals surface area contributed by atoms with Crippen molar-refractivity contribution in [2.45, 2.75) is 11.8 Å². The van der Waals surface area contributed by atoms with E-state index in [0.717, 1.165) is 12.3 Å². The Morgan fingerprint density at radius 2 is 1.61 bits per heavy atom. The zero-order valence-electron chi connectivity index (χ0n) is 12.3. The SMILES string of the molecule is CC1=C/C(=N/S(C)(=O)=O)C(NS(=O)(=O)c2ccccc2)=CC1=O. The van der Waals surface area contributed by atoms with Gasteiger partial charge >= 0.3 is 0 Å². The minimum absolute atomic E-state index is 0.0154. The Morgan fingerprint density at radius 3 is 2.17 bits per heavy atom. The van der Waals surface area contributed by atoms with E-state index in [1.165, 1.54) is 25.1 Å². The van der Waals surface area contributed by atoms with Crippen LogP contribution in [0.4, 0.5) is 0 Å². The summed E-state index contributed by atoms with van der Waals surface area (Å²) in [5.74, 6) is -0.428. The monoisotopic (exact) mass is 354 g/mol. The van der Waals surface area contributed by atoms with Crippen molar-refractivity contribution < 1.29 is 21.6 Å². The number of nitrogens with zero attached hydrogens (tertiary/aromatic N) is 1. The van der Waals surface area contributed by atoms with Crippen molar-refractivity contribution in [1.29, 1.82) is 0 Å². The van der Waals surface area contributed by atoms with Gasteiger partial charge in [0.2, 0.25) is 0 Å². The Kier molecular flexibility index (Phi) is 4.53. The Balaban J connectivity index is 2.46. The molecule has 7 nitrogen and oxygen atoms in total. The average molecular weight is 354 g/mol. The molecule has 0 spiro atoms. The molecule has 0 radical (unpaired) electrons. The smallest absolute Gasteiger partial charge is 0.261 e. The lowest BCUT2D eigenvalue weighted by molar-refractivity contribution is -0.111. The van der Waals surface area contributed by atoms with Gasteiger partial charge in [-0.2, -0.15) is 4.40 Å². The van der Waals surface area contributed by atoms with Crippen molar-refractivity contribution in [2.75, 3.05) is 6.26 Å². The van der Waals surface area contributed by atoms with Crippen LogP contribution in [0.1, 0.15) is 6.92 Å². The first-order valence-corrected chi connectivity index (χ1v) is 9.74. The lowest BCUT2D eigenvalue weighted by Crippen LogP contribution is -2.30. The minimum Gasteiger partial charge on any atom is -0.290 e. The number of hydrogen-bond donors (Lipinski definition) is 1. The fourth-order valence-electron chi connectivity index (χ4n) is 1.81. The highest BCUT2D eigenvalue weighted by atomic mass is 32.2. The summed E-state index contributed by atoms with van der Waals surface area (Å²) in [5, 5.41) is 0. The van der Waals surface area contributed by atoms with Crippen LogP contribution in [0, 0.1) is 0 Å². The molecule has 0 bridgehead atoms. The van der Waals surface area contributed by atoms with Crippen molar-refractivity contribution in [2.24, 2.45) is 4.40 Å². The summed E-state index contributed by atoms with van der Waals surface area (Å²) in [6, 6.07) is 7.50. The number of carbonyl (C=O) groups excluding carboxylic acids is 1. The van der Waals surface area contributed by atoms with Crippen LogP contribution in [-0.4, -0.2) is 34.6 Å². The summed E-state index contributed by atoms with van der Waals surface area (Å²) in [5.41, 5.74) is -0.0611. The van der Waals surface area contributed by atoms with E-state index in [9.17, 15) is 21.6 Å². The van der Waals surface area contributed by atoms with Gasteiger partial charge in [-0.1, -0.05) is 18.2 Å². The molecule has 1 aliphatic carbocycles. The number of sulfonamides is 2. The third kappa shape index (κ3) is 4.36. The van der Waals surface area contributed by atoms with Crippen LogP contribution in [0.15, 0.2) is 63.0 Å². The van der Waals surface area contributed by atoms with Gasteiger partial charge < -0.3 is 0 Å². The molecule has 0 saturated heterocycles. The molecule has 0 atom stereocenters.